The first-order valence-electron chi connectivity index (χ1n) is 7.28. The van der Waals surface area contributed by atoms with Crippen LogP contribution in [0.5, 0.6) is 11.5 Å². The molecule has 0 spiro atoms. The van der Waals surface area contributed by atoms with Gasteiger partial charge < -0.3 is 9.72 Å². The van der Waals surface area contributed by atoms with Crippen molar-refractivity contribution < 1.29 is 39.9 Å². The maximum Gasteiger partial charge on any atom is 0.460 e. The van der Waals surface area contributed by atoms with Gasteiger partial charge in [-0.2, -0.15) is 30.7 Å². The summed E-state index contributed by atoms with van der Waals surface area (Å²) in [6.07, 6.45) is -6.50. The summed E-state index contributed by atoms with van der Waals surface area (Å²) in [6.45, 7) is 0. The fraction of sp³-hybridized carbons (Fsp3) is 0.188. The third-order valence-corrected chi connectivity index (χ3v) is 3.92. The minimum Gasteiger partial charge on any atom is -0.456 e. The Kier molecular flexibility index (Phi) is 4.69. The number of alkyl halides is 7. The van der Waals surface area contributed by atoms with Crippen LogP contribution in [0.4, 0.5) is 35.1 Å². The van der Waals surface area contributed by atoms with E-state index in [9.17, 15) is 35.1 Å². The highest BCUT2D eigenvalue weighted by atomic mass is 35.5. The first-order chi connectivity index (χ1) is 12.8. The van der Waals surface area contributed by atoms with E-state index in [1.165, 1.54) is 12.1 Å². The molecule has 1 heterocycles. The highest BCUT2D eigenvalue weighted by Crippen LogP contribution is 2.51. The molecule has 150 valence electrons. The van der Waals surface area contributed by atoms with Gasteiger partial charge in [-0.3, -0.25) is 0 Å². The van der Waals surface area contributed by atoms with E-state index >= 15 is 0 Å². The Bertz CT molecular complexity index is 1010. The minimum absolute atomic E-state index is 0.108. The molecule has 0 aliphatic carbocycles. The number of hydrogen-bond acceptors (Lipinski definition) is 2. The van der Waals surface area contributed by atoms with Gasteiger partial charge in [0.15, 0.2) is 5.82 Å². The monoisotopic (exact) mass is 430 g/mol. The van der Waals surface area contributed by atoms with E-state index in [0.29, 0.717) is 0 Å². The number of hydrogen-bond donors (Lipinski definition) is 1. The van der Waals surface area contributed by atoms with E-state index in [-0.39, 0.29) is 27.6 Å². The molecule has 0 radical (unpaired) electrons. The first kappa shape index (κ1) is 20.2. The molecule has 1 aromatic heterocycles. The molecular weight excluding hydrogens is 424 g/mol. The fourth-order valence-corrected chi connectivity index (χ4v) is 2.39. The number of halogens is 9. The van der Waals surface area contributed by atoms with Crippen molar-refractivity contribution in [2.24, 2.45) is 0 Å². The summed E-state index contributed by atoms with van der Waals surface area (Å²) in [7, 11) is 0. The van der Waals surface area contributed by atoms with Crippen LogP contribution in [0.25, 0.3) is 11.0 Å². The van der Waals surface area contributed by atoms with Crippen molar-refractivity contribution in [1.82, 2.24) is 9.97 Å². The number of nitrogens with zero attached hydrogens (tertiary/aromatic N) is 1. The zero-order valence-corrected chi connectivity index (χ0v) is 14.0. The van der Waals surface area contributed by atoms with Crippen LogP contribution in [0, 0.1) is 5.82 Å². The third kappa shape index (κ3) is 3.34. The molecule has 28 heavy (non-hydrogen) atoms. The first-order valence-corrected chi connectivity index (χ1v) is 7.66. The normalized spacial score (nSPS) is 13.2. The lowest BCUT2D eigenvalue weighted by molar-refractivity contribution is -0.361. The standard InChI is InChI=1S/C16H7ClF8N2O/c17-9-5-10-11(6-12(9)28-8-3-1-7(18)2-4-8)27-13(26-10)14(19,20)15(21,22)16(23,24)25/h1-6H,(H,26,27). The average molecular weight is 431 g/mol. The summed E-state index contributed by atoms with van der Waals surface area (Å²) in [4.78, 5) is 4.85. The van der Waals surface area contributed by atoms with Gasteiger partial charge in [-0.1, -0.05) is 11.6 Å². The molecule has 12 heteroatoms. The van der Waals surface area contributed by atoms with Crippen molar-refractivity contribution in [2.75, 3.05) is 0 Å². The number of ether oxygens (including phenoxy) is 1. The maximum atomic E-state index is 13.8. The van der Waals surface area contributed by atoms with Gasteiger partial charge in [-0.25, -0.2) is 9.37 Å². The van der Waals surface area contributed by atoms with Crippen molar-refractivity contribution >= 4 is 22.6 Å². The molecule has 0 fully saturated rings. The number of benzene rings is 2. The zero-order valence-electron chi connectivity index (χ0n) is 13.2. The zero-order chi connectivity index (χ0) is 20.9. The SMILES string of the molecule is Fc1ccc(Oc2cc3[nH]c(C(F)(F)C(F)(F)C(F)(F)F)nc3cc2Cl)cc1. The van der Waals surface area contributed by atoms with E-state index < -0.39 is 29.7 Å². The number of H-pyrrole nitrogens is 1. The largest absolute Gasteiger partial charge is 0.460 e. The predicted octanol–water partition coefficient (Wildman–Crippen LogP) is 6.44. The van der Waals surface area contributed by atoms with Crippen LogP contribution >= 0.6 is 11.6 Å². The molecule has 3 rings (SSSR count). The Balaban J connectivity index is 2.01. The van der Waals surface area contributed by atoms with Gasteiger partial charge in [0.25, 0.3) is 0 Å². The molecule has 0 amide bonds. The topological polar surface area (TPSA) is 37.9 Å². The van der Waals surface area contributed by atoms with Crippen molar-refractivity contribution in [1.29, 1.82) is 0 Å². The Morgan fingerprint density at radius 3 is 2.11 bits per heavy atom. The summed E-state index contributed by atoms with van der Waals surface area (Å²) in [5, 5.41) is -0.194. The number of imidazole rings is 1. The molecular formula is C16H7ClF8N2O. The molecule has 0 unspecified atom stereocenters. The lowest BCUT2D eigenvalue weighted by Crippen LogP contribution is -2.50. The highest BCUT2D eigenvalue weighted by molar-refractivity contribution is 6.32. The van der Waals surface area contributed by atoms with Gasteiger partial charge in [0, 0.05) is 6.07 Å². The third-order valence-electron chi connectivity index (χ3n) is 3.62. The van der Waals surface area contributed by atoms with Gasteiger partial charge in [-0.15, -0.1) is 0 Å². The summed E-state index contributed by atoms with van der Waals surface area (Å²) < 4.78 is 109. The molecule has 0 atom stereocenters. The fourth-order valence-electron chi connectivity index (χ4n) is 2.19. The summed E-state index contributed by atoms with van der Waals surface area (Å²) in [5.41, 5.74) is -0.710. The van der Waals surface area contributed by atoms with Crippen LogP contribution in [0.3, 0.4) is 0 Å². The predicted molar refractivity (Wildman–Crippen MR) is 82.5 cm³/mol. The molecule has 0 saturated heterocycles. The van der Waals surface area contributed by atoms with Crippen LogP contribution in [0.15, 0.2) is 36.4 Å². The van der Waals surface area contributed by atoms with Crippen LogP contribution in [-0.2, 0) is 5.92 Å². The summed E-state index contributed by atoms with van der Waals surface area (Å²) in [6, 6.07) is 6.52. The number of aromatic nitrogens is 2. The van der Waals surface area contributed by atoms with Gasteiger partial charge in [-0.05, 0) is 30.3 Å². The second-order valence-corrected chi connectivity index (χ2v) is 5.99. The van der Waals surface area contributed by atoms with Gasteiger partial charge in [0.2, 0.25) is 0 Å². The molecule has 3 nitrogen and oxygen atoms in total. The molecule has 2 aromatic carbocycles. The maximum absolute atomic E-state index is 13.8. The number of aromatic amines is 1. The van der Waals surface area contributed by atoms with Crippen molar-refractivity contribution in [3.05, 3.63) is 53.1 Å². The Morgan fingerprint density at radius 1 is 0.929 bits per heavy atom. The number of nitrogens with one attached hydrogen (secondary N) is 1. The van der Waals surface area contributed by atoms with Crippen molar-refractivity contribution in [2.45, 2.75) is 18.0 Å². The molecule has 0 aliphatic heterocycles. The summed E-state index contributed by atoms with van der Waals surface area (Å²) >= 11 is 5.90. The highest BCUT2D eigenvalue weighted by Gasteiger charge is 2.74. The van der Waals surface area contributed by atoms with E-state index in [1.807, 2.05) is 0 Å². The van der Waals surface area contributed by atoms with E-state index in [2.05, 4.69) is 4.98 Å². The molecule has 0 saturated carbocycles. The number of rotatable bonds is 4. The molecule has 0 aliphatic rings. The van der Waals surface area contributed by atoms with E-state index in [0.717, 1.165) is 24.3 Å². The van der Waals surface area contributed by atoms with E-state index in [1.54, 1.807) is 4.98 Å². The van der Waals surface area contributed by atoms with Crippen LogP contribution in [0.2, 0.25) is 5.02 Å². The van der Waals surface area contributed by atoms with Gasteiger partial charge in [0.1, 0.15) is 17.3 Å². The Hall–Kier alpha value is -2.56. The van der Waals surface area contributed by atoms with Crippen LogP contribution < -0.4 is 4.74 Å². The Labute approximate surface area is 155 Å². The second-order valence-electron chi connectivity index (χ2n) is 5.59. The van der Waals surface area contributed by atoms with Crippen molar-refractivity contribution in [3.8, 4) is 11.5 Å². The molecule has 0 bridgehead atoms. The minimum atomic E-state index is -6.50. The lowest BCUT2D eigenvalue weighted by Gasteiger charge is -2.26. The van der Waals surface area contributed by atoms with Crippen LogP contribution in [-0.4, -0.2) is 22.1 Å². The second kappa shape index (κ2) is 6.50. The smallest absolute Gasteiger partial charge is 0.456 e. The van der Waals surface area contributed by atoms with Gasteiger partial charge >= 0.3 is 18.0 Å². The number of fused-ring (bicyclic) bond motifs is 1. The van der Waals surface area contributed by atoms with Crippen molar-refractivity contribution in [3.63, 3.8) is 0 Å². The quantitative estimate of drug-likeness (QED) is 0.484. The molecule has 3 aromatic rings. The molecule has 1 N–H and O–H groups in total. The van der Waals surface area contributed by atoms with Crippen LogP contribution in [0.1, 0.15) is 5.82 Å². The summed E-state index contributed by atoms with van der Waals surface area (Å²) in [5.74, 6) is -14.5. The van der Waals surface area contributed by atoms with E-state index in [4.69, 9.17) is 16.3 Å². The average Bonchev–Trinajstić information content (AvgIpc) is 2.99. The lowest BCUT2D eigenvalue weighted by atomic mass is 10.1. The van der Waals surface area contributed by atoms with Gasteiger partial charge in [0.05, 0.1) is 16.1 Å². The Morgan fingerprint density at radius 2 is 1.54 bits per heavy atom.